The molecule has 0 radical (unpaired) electrons. The topological polar surface area (TPSA) is 37.4 Å². The number of amides is 2. The predicted octanol–water partition coefficient (Wildman–Crippen LogP) is 4.07. The number of rotatable bonds is 2. The van der Waals surface area contributed by atoms with Gasteiger partial charge in [0.1, 0.15) is 5.82 Å². The summed E-state index contributed by atoms with van der Waals surface area (Å²) in [6.07, 6.45) is 1.52. The lowest BCUT2D eigenvalue weighted by molar-refractivity contribution is -0.113. The lowest BCUT2D eigenvalue weighted by atomic mass is 10.2. The number of benzene rings is 2. The predicted molar refractivity (Wildman–Crippen MR) is 81.3 cm³/mol. The molecule has 0 saturated carbocycles. The van der Waals surface area contributed by atoms with Gasteiger partial charge in [0.05, 0.1) is 10.6 Å². The molecule has 1 aliphatic rings. The first-order chi connectivity index (χ1) is 10.1. The molecule has 2 amide bonds. The first-order valence-corrected chi connectivity index (χ1v) is 7.05. The molecule has 2 aromatic rings. The molecule has 21 heavy (non-hydrogen) atoms. The summed E-state index contributed by atoms with van der Waals surface area (Å²) >= 11 is 0.853. The molecule has 1 saturated heterocycles. The zero-order valence-electron chi connectivity index (χ0n) is 10.8. The fraction of sp³-hybridized carbons (Fsp3) is 0. The molecule has 1 fully saturated rings. The van der Waals surface area contributed by atoms with Crippen molar-refractivity contribution in [3.63, 3.8) is 0 Å². The van der Waals surface area contributed by atoms with Gasteiger partial charge in [0.2, 0.25) is 0 Å². The van der Waals surface area contributed by atoms with Crippen molar-refractivity contribution in [1.29, 1.82) is 0 Å². The number of anilines is 1. The van der Waals surface area contributed by atoms with Crippen molar-refractivity contribution in [3.05, 3.63) is 70.9 Å². The maximum absolute atomic E-state index is 13.2. The van der Waals surface area contributed by atoms with Gasteiger partial charge in [-0.2, -0.15) is 0 Å². The lowest BCUT2D eigenvalue weighted by Gasteiger charge is -2.11. The molecule has 0 atom stereocenters. The summed E-state index contributed by atoms with van der Waals surface area (Å²) < 4.78 is 13.2. The normalized spacial score (nSPS) is 16.8. The summed E-state index contributed by atoms with van der Waals surface area (Å²) in [7, 11) is 0. The van der Waals surface area contributed by atoms with Crippen molar-refractivity contribution in [1.82, 2.24) is 0 Å². The third kappa shape index (κ3) is 2.73. The van der Waals surface area contributed by atoms with E-state index < -0.39 is 0 Å². The maximum Gasteiger partial charge on any atom is 0.298 e. The van der Waals surface area contributed by atoms with Crippen LogP contribution >= 0.6 is 11.8 Å². The number of para-hydroxylation sites is 1. The van der Waals surface area contributed by atoms with Gasteiger partial charge in [0.25, 0.3) is 11.1 Å². The summed E-state index contributed by atoms with van der Waals surface area (Å²) in [4.78, 5) is 25.7. The number of thioether (sulfide) groups is 1. The van der Waals surface area contributed by atoms with Crippen LogP contribution < -0.4 is 4.90 Å². The van der Waals surface area contributed by atoms with Gasteiger partial charge in [-0.15, -0.1) is 0 Å². The van der Waals surface area contributed by atoms with Crippen molar-refractivity contribution in [2.45, 2.75) is 0 Å². The van der Waals surface area contributed by atoms with Crippen LogP contribution in [-0.2, 0) is 4.79 Å². The lowest BCUT2D eigenvalue weighted by Crippen LogP contribution is -2.27. The van der Waals surface area contributed by atoms with Crippen molar-refractivity contribution in [3.8, 4) is 0 Å². The maximum atomic E-state index is 13.2. The Bertz CT molecular complexity index is 743. The second-order valence-corrected chi connectivity index (χ2v) is 5.40. The summed E-state index contributed by atoms with van der Waals surface area (Å²) in [5, 5.41) is -0.353. The number of nitrogens with zero attached hydrogens (tertiary/aromatic N) is 1. The Kier molecular flexibility index (Phi) is 3.58. The second kappa shape index (κ2) is 5.54. The number of imide groups is 1. The van der Waals surface area contributed by atoms with Crippen LogP contribution in [0.2, 0.25) is 0 Å². The highest BCUT2D eigenvalue weighted by Crippen LogP contribution is 2.35. The van der Waals surface area contributed by atoms with E-state index in [1.807, 2.05) is 6.07 Å². The fourth-order valence-electron chi connectivity index (χ4n) is 2.02. The zero-order valence-corrected chi connectivity index (χ0v) is 11.6. The van der Waals surface area contributed by atoms with E-state index in [1.54, 1.807) is 36.4 Å². The number of halogens is 1. The van der Waals surface area contributed by atoms with E-state index in [9.17, 15) is 14.0 Å². The zero-order chi connectivity index (χ0) is 14.8. The molecule has 0 N–H and O–H groups in total. The second-order valence-electron chi connectivity index (χ2n) is 4.41. The molecule has 2 aromatic carbocycles. The molecule has 0 aliphatic carbocycles. The average Bonchev–Trinajstić information content (AvgIpc) is 2.74. The number of hydrogen-bond acceptors (Lipinski definition) is 3. The van der Waals surface area contributed by atoms with Crippen molar-refractivity contribution in [2.75, 3.05) is 4.90 Å². The van der Waals surface area contributed by atoms with E-state index in [0.717, 1.165) is 16.7 Å². The Hall–Kier alpha value is -2.40. The van der Waals surface area contributed by atoms with Crippen LogP contribution in [0.4, 0.5) is 14.9 Å². The number of hydrogen-bond donors (Lipinski definition) is 0. The highest BCUT2D eigenvalue weighted by molar-refractivity contribution is 8.19. The Labute approximate surface area is 125 Å². The number of carbonyl (C=O) groups excluding carboxylic acids is 2. The van der Waals surface area contributed by atoms with Gasteiger partial charge in [-0.3, -0.25) is 9.59 Å². The highest BCUT2D eigenvalue weighted by atomic mass is 32.2. The van der Waals surface area contributed by atoms with Crippen LogP contribution in [0.5, 0.6) is 0 Å². The largest absolute Gasteiger partial charge is 0.298 e. The molecular weight excluding hydrogens is 289 g/mol. The number of carbonyl (C=O) groups is 2. The van der Waals surface area contributed by atoms with Crippen LogP contribution in [0.15, 0.2) is 59.5 Å². The minimum Gasteiger partial charge on any atom is -0.268 e. The summed E-state index contributed by atoms with van der Waals surface area (Å²) in [6, 6.07) is 14.6. The van der Waals surface area contributed by atoms with Crippen LogP contribution in [0, 0.1) is 5.82 Å². The molecule has 3 rings (SSSR count). The van der Waals surface area contributed by atoms with Crippen molar-refractivity contribution >= 4 is 34.7 Å². The Balaban J connectivity index is 1.94. The van der Waals surface area contributed by atoms with E-state index in [-0.39, 0.29) is 21.9 Å². The Morgan fingerprint density at radius 1 is 1.00 bits per heavy atom. The summed E-state index contributed by atoms with van der Waals surface area (Å²) in [5.41, 5.74) is 1.08. The standard InChI is InChI=1S/C16H10FNO2S/c17-12-6-4-5-11(9-12)10-14-15(19)18(16(20)21-14)13-7-2-1-3-8-13/h1-10H/b14-10-. The van der Waals surface area contributed by atoms with Gasteiger partial charge in [-0.1, -0.05) is 30.3 Å². The Morgan fingerprint density at radius 3 is 2.48 bits per heavy atom. The molecule has 0 bridgehead atoms. The monoisotopic (exact) mass is 299 g/mol. The van der Waals surface area contributed by atoms with E-state index in [0.29, 0.717) is 11.3 Å². The molecule has 0 spiro atoms. The minimum atomic E-state index is -0.388. The average molecular weight is 299 g/mol. The van der Waals surface area contributed by atoms with E-state index in [2.05, 4.69) is 0 Å². The molecular formula is C16H10FNO2S. The van der Waals surface area contributed by atoms with Crippen LogP contribution in [-0.4, -0.2) is 11.1 Å². The van der Waals surface area contributed by atoms with Gasteiger partial charge in [-0.25, -0.2) is 9.29 Å². The molecule has 0 unspecified atom stereocenters. The van der Waals surface area contributed by atoms with E-state index in [1.165, 1.54) is 18.2 Å². The van der Waals surface area contributed by atoms with Crippen LogP contribution in [0.25, 0.3) is 6.08 Å². The third-order valence-corrected chi connectivity index (χ3v) is 3.82. The first-order valence-electron chi connectivity index (χ1n) is 6.24. The van der Waals surface area contributed by atoms with E-state index in [4.69, 9.17) is 0 Å². The summed E-state index contributed by atoms with van der Waals surface area (Å²) in [6.45, 7) is 0. The van der Waals surface area contributed by atoms with Gasteiger partial charge in [-0.05, 0) is 47.7 Å². The van der Waals surface area contributed by atoms with Crippen molar-refractivity contribution < 1.29 is 14.0 Å². The molecule has 5 heteroatoms. The van der Waals surface area contributed by atoms with E-state index >= 15 is 0 Å². The Morgan fingerprint density at radius 2 is 1.76 bits per heavy atom. The SMILES string of the molecule is O=C1S/C(=C\c2cccc(F)c2)C(=O)N1c1ccccc1. The highest BCUT2D eigenvalue weighted by Gasteiger charge is 2.36. The first kappa shape index (κ1) is 13.6. The van der Waals surface area contributed by atoms with Gasteiger partial charge >= 0.3 is 0 Å². The van der Waals surface area contributed by atoms with Crippen LogP contribution in [0.1, 0.15) is 5.56 Å². The van der Waals surface area contributed by atoms with Crippen LogP contribution in [0.3, 0.4) is 0 Å². The third-order valence-electron chi connectivity index (χ3n) is 2.95. The van der Waals surface area contributed by atoms with Gasteiger partial charge in [0.15, 0.2) is 0 Å². The minimum absolute atomic E-state index is 0.287. The molecule has 1 aliphatic heterocycles. The molecule has 3 nitrogen and oxygen atoms in total. The smallest absolute Gasteiger partial charge is 0.268 e. The van der Waals surface area contributed by atoms with Crippen molar-refractivity contribution in [2.24, 2.45) is 0 Å². The molecule has 0 aromatic heterocycles. The fourth-order valence-corrected chi connectivity index (χ4v) is 2.86. The quantitative estimate of drug-likeness (QED) is 0.785. The van der Waals surface area contributed by atoms with Gasteiger partial charge < -0.3 is 0 Å². The van der Waals surface area contributed by atoms with Gasteiger partial charge in [0, 0.05) is 0 Å². The molecule has 104 valence electrons. The molecule has 1 heterocycles. The summed E-state index contributed by atoms with van der Waals surface area (Å²) in [5.74, 6) is -0.772.